The first-order chi connectivity index (χ1) is 7.58. The lowest BCUT2D eigenvalue weighted by molar-refractivity contribution is -0.137. The van der Waals surface area contributed by atoms with Crippen molar-refractivity contribution < 1.29 is 19.1 Å². The molecule has 0 fully saturated rings. The molecule has 0 amide bonds. The van der Waals surface area contributed by atoms with Crippen LogP contribution in [0.3, 0.4) is 0 Å². The van der Waals surface area contributed by atoms with E-state index in [0.29, 0.717) is 12.8 Å². The Balaban J connectivity index is 2.66. The number of carbonyl (C=O) groups excluding carboxylic acids is 2. The highest BCUT2D eigenvalue weighted by atomic mass is 16.5. The quantitative estimate of drug-likeness (QED) is 0.588. The lowest BCUT2D eigenvalue weighted by atomic mass is 10.2. The average Bonchev–Trinajstić information content (AvgIpc) is 2.15. The molecule has 1 rings (SSSR count). The molecule has 0 saturated carbocycles. The Morgan fingerprint density at radius 2 is 1.25 bits per heavy atom. The molecule has 4 heteroatoms. The van der Waals surface area contributed by atoms with Crippen molar-refractivity contribution in [2.24, 2.45) is 0 Å². The summed E-state index contributed by atoms with van der Waals surface area (Å²) in [6, 6.07) is 0. The fourth-order valence-corrected chi connectivity index (χ4v) is 1.26. The molecule has 16 heavy (non-hydrogen) atoms. The molecule has 1 aliphatic heterocycles. The number of rotatable bonds is 0. The van der Waals surface area contributed by atoms with Crippen LogP contribution in [0, 0.1) is 0 Å². The van der Waals surface area contributed by atoms with Crippen molar-refractivity contribution in [2.45, 2.75) is 26.7 Å². The summed E-state index contributed by atoms with van der Waals surface area (Å²) in [6.07, 6.45) is 3.98. The van der Waals surface area contributed by atoms with Crippen LogP contribution < -0.4 is 0 Å². The third-order valence-corrected chi connectivity index (χ3v) is 2.21. The first-order valence-corrected chi connectivity index (χ1v) is 5.26. The van der Waals surface area contributed by atoms with Crippen molar-refractivity contribution in [1.82, 2.24) is 0 Å². The van der Waals surface area contributed by atoms with E-state index in [1.165, 1.54) is 12.2 Å². The average molecular weight is 224 g/mol. The van der Waals surface area contributed by atoms with Crippen molar-refractivity contribution in [1.29, 1.82) is 0 Å². The summed E-state index contributed by atoms with van der Waals surface area (Å²) < 4.78 is 9.97. The van der Waals surface area contributed by atoms with E-state index in [4.69, 9.17) is 9.47 Å². The Bertz CT molecular complexity index is 305. The number of carbonyl (C=O) groups is 2. The molecule has 88 valence electrons. The summed E-state index contributed by atoms with van der Waals surface area (Å²) in [5.41, 5.74) is 1.69. The molecular weight excluding hydrogens is 208 g/mol. The maximum atomic E-state index is 11.3. The Morgan fingerprint density at radius 3 is 1.62 bits per heavy atom. The van der Waals surface area contributed by atoms with E-state index in [9.17, 15) is 9.59 Å². The lowest BCUT2D eigenvalue weighted by Crippen LogP contribution is -2.08. The predicted molar refractivity (Wildman–Crippen MR) is 58.7 cm³/mol. The second kappa shape index (κ2) is 6.10. The van der Waals surface area contributed by atoms with Crippen molar-refractivity contribution in [3.8, 4) is 0 Å². The number of ether oxygens (including phenoxy) is 2. The number of esters is 2. The number of hydrogen-bond acceptors (Lipinski definition) is 4. The third kappa shape index (κ3) is 4.77. The van der Waals surface area contributed by atoms with E-state index in [1.807, 2.05) is 13.8 Å². The maximum absolute atomic E-state index is 11.3. The Morgan fingerprint density at radius 1 is 0.875 bits per heavy atom. The molecule has 0 aromatic heterocycles. The highest BCUT2D eigenvalue weighted by Gasteiger charge is 2.05. The summed E-state index contributed by atoms with van der Waals surface area (Å²) >= 11 is 0. The van der Waals surface area contributed by atoms with Gasteiger partial charge in [0.05, 0.1) is 13.2 Å². The second-order valence-electron chi connectivity index (χ2n) is 3.82. The van der Waals surface area contributed by atoms with E-state index in [1.54, 1.807) is 0 Å². The number of hydrogen-bond donors (Lipinski definition) is 0. The molecule has 0 bridgehead atoms. The van der Waals surface area contributed by atoms with E-state index in [2.05, 4.69) is 0 Å². The first-order valence-electron chi connectivity index (χ1n) is 5.26. The van der Waals surface area contributed by atoms with E-state index < -0.39 is 0 Å². The van der Waals surface area contributed by atoms with Gasteiger partial charge in [-0.25, -0.2) is 9.59 Å². The van der Waals surface area contributed by atoms with Crippen LogP contribution in [0.4, 0.5) is 0 Å². The monoisotopic (exact) mass is 224 g/mol. The largest absolute Gasteiger partial charge is 0.462 e. The molecule has 0 aromatic rings. The summed E-state index contributed by atoms with van der Waals surface area (Å²) in [5.74, 6) is -0.672. The van der Waals surface area contributed by atoms with Gasteiger partial charge in [-0.2, -0.15) is 0 Å². The van der Waals surface area contributed by atoms with Gasteiger partial charge in [-0.05, 0) is 13.8 Å². The van der Waals surface area contributed by atoms with Crippen LogP contribution in [0.15, 0.2) is 23.3 Å². The van der Waals surface area contributed by atoms with E-state index in [-0.39, 0.29) is 25.2 Å². The minimum atomic E-state index is -0.336. The van der Waals surface area contributed by atoms with Gasteiger partial charge in [0.1, 0.15) is 0 Å². The zero-order chi connectivity index (χ0) is 12.0. The fraction of sp³-hybridized carbons (Fsp3) is 0.500. The van der Waals surface area contributed by atoms with Gasteiger partial charge in [-0.3, -0.25) is 0 Å². The van der Waals surface area contributed by atoms with Gasteiger partial charge >= 0.3 is 11.9 Å². The molecule has 0 saturated heterocycles. The minimum Gasteiger partial charge on any atom is -0.462 e. The summed E-state index contributed by atoms with van der Waals surface area (Å²) in [5, 5.41) is 0. The van der Waals surface area contributed by atoms with E-state index in [0.717, 1.165) is 11.1 Å². The van der Waals surface area contributed by atoms with Crippen LogP contribution in [0.2, 0.25) is 0 Å². The molecule has 0 spiro atoms. The normalized spacial score (nSPS) is 26.1. The third-order valence-electron chi connectivity index (χ3n) is 2.21. The topological polar surface area (TPSA) is 52.6 Å². The van der Waals surface area contributed by atoms with Gasteiger partial charge in [0, 0.05) is 25.0 Å². The Labute approximate surface area is 94.9 Å². The number of cyclic esters (lactones) is 2. The molecular formula is C12H16O4. The molecule has 0 aromatic carbocycles. The summed E-state index contributed by atoms with van der Waals surface area (Å²) in [4.78, 5) is 22.5. The van der Waals surface area contributed by atoms with Crippen LogP contribution in [0.1, 0.15) is 26.7 Å². The Kier molecular flexibility index (Phi) is 4.76. The van der Waals surface area contributed by atoms with Gasteiger partial charge in [0.15, 0.2) is 0 Å². The van der Waals surface area contributed by atoms with Gasteiger partial charge < -0.3 is 9.47 Å². The van der Waals surface area contributed by atoms with Crippen LogP contribution >= 0.6 is 0 Å². The van der Waals surface area contributed by atoms with Crippen LogP contribution in [0.25, 0.3) is 0 Å². The molecule has 1 heterocycles. The van der Waals surface area contributed by atoms with Crippen LogP contribution in [-0.4, -0.2) is 25.2 Å². The zero-order valence-electron chi connectivity index (χ0n) is 9.62. The van der Waals surface area contributed by atoms with Crippen molar-refractivity contribution >= 4 is 11.9 Å². The zero-order valence-corrected chi connectivity index (χ0v) is 9.62. The fourth-order valence-electron chi connectivity index (χ4n) is 1.26. The maximum Gasteiger partial charge on any atom is 0.330 e. The van der Waals surface area contributed by atoms with Gasteiger partial charge in [0.2, 0.25) is 0 Å². The minimum absolute atomic E-state index is 0.290. The molecule has 0 N–H and O–H groups in total. The molecule has 0 unspecified atom stereocenters. The van der Waals surface area contributed by atoms with E-state index >= 15 is 0 Å². The summed E-state index contributed by atoms with van der Waals surface area (Å²) in [7, 11) is 0. The highest BCUT2D eigenvalue weighted by molar-refractivity contribution is 5.83. The molecule has 4 nitrogen and oxygen atoms in total. The van der Waals surface area contributed by atoms with Gasteiger partial charge in [0.25, 0.3) is 0 Å². The van der Waals surface area contributed by atoms with Crippen molar-refractivity contribution in [2.75, 3.05) is 13.2 Å². The van der Waals surface area contributed by atoms with Crippen LogP contribution in [-0.2, 0) is 19.1 Å². The first kappa shape index (κ1) is 12.5. The Hall–Kier alpha value is -1.58. The standard InChI is InChI=1S/C12H16O4/c1-9-3-5-15-12(14)8-10(2)4-6-16-11(13)7-9/h7-8H,3-6H2,1-2H3/b9-7-,10-8-. The van der Waals surface area contributed by atoms with Gasteiger partial charge in [-0.1, -0.05) is 11.1 Å². The highest BCUT2D eigenvalue weighted by Crippen LogP contribution is 2.06. The molecule has 0 aliphatic carbocycles. The lowest BCUT2D eigenvalue weighted by Gasteiger charge is -2.07. The summed E-state index contributed by atoms with van der Waals surface area (Å²) in [6.45, 7) is 4.19. The molecule has 0 radical (unpaired) electrons. The van der Waals surface area contributed by atoms with Crippen LogP contribution in [0.5, 0.6) is 0 Å². The van der Waals surface area contributed by atoms with Gasteiger partial charge in [-0.15, -0.1) is 0 Å². The van der Waals surface area contributed by atoms with Crippen molar-refractivity contribution in [3.05, 3.63) is 23.3 Å². The predicted octanol–water partition coefficient (Wildman–Crippen LogP) is 1.76. The SMILES string of the molecule is C/C1=C/C(=O)OCC/C(C)=C\C(=O)OCC1. The molecule has 0 atom stereocenters. The van der Waals surface area contributed by atoms with Crippen molar-refractivity contribution in [3.63, 3.8) is 0 Å². The molecule has 1 aliphatic rings. The second-order valence-corrected chi connectivity index (χ2v) is 3.82. The smallest absolute Gasteiger partial charge is 0.330 e.